The highest BCUT2D eigenvalue weighted by Gasteiger charge is 2.63. The van der Waals surface area contributed by atoms with E-state index in [1.807, 2.05) is 30.3 Å². The van der Waals surface area contributed by atoms with Crippen molar-refractivity contribution in [2.75, 3.05) is 0 Å². The lowest BCUT2D eigenvalue weighted by Crippen LogP contribution is -2.15. The first-order valence-electron chi connectivity index (χ1n) is 11.5. The lowest BCUT2D eigenvalue weighted by atomic mass is 9.86. The van der Waals surface area contributed by atoms with Crippen molar-refractivity contribution in [2.45, 2.75) is 52.1 Å². The van der Waals surface area contributed by atoms with Gasteiger partial charge in [-0.3, -0.25) is 4.79 Å². The van der Waals surface area contributed by atoms with E-state index < -0.39 is 6.10 Å². The third-order valence-electron chi connectivity index (χ3n) is 6.55. The van der Waals surface area contributed by atoms with Crippen molar-refractivity contribution in [3.63, 3.8) is 0 Å². The predicted octanol–water partition coefficient (Wildman–Crippen LogP) is 6.72. The van der Waals surface area contributed by atoms with Gasteiger partial charge in [-0.2, -0.15) is 5.26 Å². The number of esters is 1. The van der Waals surface area contributed by atoms with Crippen LogP contribution in [0.1, 0.15) is 63.5 Å². The van der Waals surface area contributed by atoms with E-state index in [4.69, 9.17) is 9.47 Å². The molecule has 4 rings (SSSR count). The second kappa shape index (κ2) is 8.95. The number of hydrogen-bond acceptors (Lipinski definition) is 5. The summed E-state index contributed by atoms with van der Waals surface area (Å²) in [5.74, 6) is 0.334. The maximum absolute atomic E-state index is 13.1. The highest BCUT2D eigenvalue weighted by Crippen LogP contribution is 2.65. The molecule has 0 saturated heterocycles. The van der Waals surface area contributed by atoms with Gasteiger partial charge in [-0.05, 0) is 40.2 Å². The van der Waals surface area contributed by atoms with Crippen LogP contribution in [-0.4, -0.2) is 11.0 Å². The van der Waals surface area contributed by atoms with Crippen molar-refractivity contribution in [1.82, 2.24) is 4.98 Å². The Kier molecular flexibility index (Phi) is 6.18. The summed E-state index contributed by atoms with van der Waals surface area (Å²) in [5, 5.41) is 9.72. The molecule has 0 bridgehead atoms. The zero-order valence-electron chi connectivity index (χ0n) is 20.3. The Morgan fingerprint density at radius 1 is 1.00 bits per heavy atom. The van der Waals surface area contributed by atoms with Gasteiger partial charge in [-0.25, -0.2) is 4.98 Å². The van der Waals surface area contributed by atoms with Crippen LogP contribution in [0.15, 0.2) is 72.8 Å². The van der Waals surface area contributed by atoms with E-state index in [-0.39, 0.29) is 28.6 Å². The van der Waals surface area contributed by atoms with Crippen LogP contribution in [0.4, 0.5) is 0 Å². The monoisotopic (exact) mass is 454 g/mol. The minimum Gasteiger partial charge on any atom is -0.440 e. The number of ether oxygens (including phenoxy) is 2. The zero-order valence-corrected chi connectivity index (χ0v) is 20.3. The van der Waals surface area contributed by atoms with Crippen molar-refractivity contribution < 1.29 is 14.3 Å². The van der Waals surface area contributed by atoms with Gasteiger partial charge in [0.15, 0.2) is 0 Å². The minimum atomic E-state index is -1.10. The number of para-hydroxylation sites is 1. The van der Waals surface area contributed by atoms with Gasteiger partial charge in [0.05, 0.1) is 11.6 Å². The molecule has 0 radical (unpaired) electrons. The number of pyridine rings is 1. The first-order valence-corrected chi connectivity index (χ1v) is 11.5. The van der Waals surface area contributed by atoms with Crippen LogP contribution in [0.5, 0.6) is 11.6 Å². The molecule has 5 heteroatoms. The van der Waals surface area contributed by atoms with Crippen LogP contribution in [0.3, 0.4) is 0 Å². The largest absolute Gasteiger partial charge is 0.440 e. The topological polar surface area (TPSA) is 72.2 Å². The van der Waals surface area contributed by atoms with Crippen molar-refractivity contribution in [3.8, 4) is 17.7 Å². The molecular weight excluding hydrogens is 424 g/mol. The molecule has 34 heavy (non-hydrogen) atoms. The van der Waals surface area contributed by atoms with Gasteiger partial charge in [-0.1, -0.05) is 83.1 Å². The van der Waals surface area contributed by atoms with Crippen molar-refractivity contribution >= 4 is 5.97 Å². The van der Waals surface area contributed by atoms with E-state index in [0.29, 0.717) is 17.3 Å². The van der Waals surface area contributed by atoms with Crippen molar-refractivity contribution in [1.29, 1.82) is 5.26 Å². The smallest absolute Gasteiger partial charge is 0.311 e. The number of aromatic nitrogens is 1. The number of carbonyl (C=O) groups excluding carboxylic acids is 1. The number of carbonyl (C=O) groups is 1. The third-order valence-corrected chi connectivity index (χ3v) is 6.55. The van der Waals surface area contributed by atoms with E-state index in [1.54, 1.807) is 18.2 Å². The van der Waals surface area contributed by atoms with Gasteiger partial charge < -0.3 is 9.47 Å². The number of hydrogen-bond donors (Lipinski definition) is 0. The maximum atomic E-state index is 13.1. The molecule has 0 N–H and O–H groups in total. The SMILES string of the molecule is CC(C)(C)c1ccc(C2C(C(=O)OC(C#N)c3cccc(Oc4ccccc4)n3)C2(C)C)cc1. The van der Waals surface area contributed by atoms with Crippen LogP contribution < -0.4 is 4.74 Å². The summed E-state index contributed by atoms with van der Waals surface area (Å²) in [4.78, 5) is 17.5. The first-order chi connectivity index (χ1) is 16.1. The molecule has 1 aliphatic carbocycles. The quantitative estimate of drug-likeness (QED) is 0.387. The van der Waals surface area contributed by atoms with Crippen LogP contribution in [0.25, 0.3) is 0 Å². The fourth-order valence-corrected chi connectivity index (χ4v) is 4.48. The Hall–Kier alpha value is -3.65. The lowest BCUT2D eigenvalue weighted by Gasteiger charge is -2.19. The number of nitrogens with zero attached hydrogens (tertiary/aromatic N) is 2. The van der Waals surface area contributed by atoms with E-state index in [1.165, 1.54) is 5.56 Å². The van der Waals surface area contributed by atoms with Crippen molar-refractivity contribution in [2.24, 2.45) is 11.3 Å². The molecule has 3 atom stereocenters. The summed E-state index contributed by atoms with van der Waals surface area (Å²) in [6.45, 7) is 10.7. The van der Waals surface area contributed by atoms with Gasteiger partial charge in [0.1, 0.15) is 11.8 Å². The molecule has 174 valence electrons. The third kappa shape index (κ3) is 4.82. The van der Waals surface area contributed by atoms with Crippen LogP contribution in [0.2, 0.25) is 0 Å². The second-order valence-corrected chi connectivity index (χ2v) is 10.4. The Morgan fingerprint density at radius 2 is 1.68 bits per heavy atom. The summed E-state index contributed by atoms with van der Waals surface area (Å²) < 4.78 is 11.4. The van der Waals surface area contributed by atoms with Gasteiger partial charge in [0.2, 0.25) is 12.0 Å². The van der Waals surface area contributed by atoms with E-state index in [2.05, 4.69) is 69.9 Å². The Balaban J connectivity index is 1.47. The minimum absolute atomic E-state index is 0.0501. The molecule has 3 unspecified atom stereocenters. The summed E-state index contributed by atoms with van der Waals surface area (Å²) in [6, 6.07) is 24.9. The average molecular weight is 455 g/mol. The molecular formula is C29H30N2O3. The van der Waals surface area contributed by atoms with Crippen LogP contribution in [0, 0.1) is 22.7 Å². The second-order valence-electron chi connectivity index (χ2n) is 10.4. The summed E-state index contributed by atoms with van der Waals surface area (Å²) >= 11 is 0. The molecule has 2 aromatic carbocycles. The molecule has 1 aliphatic rings. The number of benzene rings is 2. The molecule has 3 aromatic rings. The normalized spacial score (nSPS) is 19.5. The fourth-order valence-electron chi connectivity index (χ4n) is 4.48. The Labute approximate surface area is 201 Å². The Bertz CT molecular complexity index is 1200. The maximum Gasteiger partial charge on any atom is 0.311 e. The summed E-state index contributed by atoms with van der Waals surface area (Å²) in [7, 11) is 0. The molecule has 0 spiro atoms. The van der Waals surface area contributed by atoms with E-state index in [0.717, 1.165) is 5.56 Å². The van der Waals surface area contributed by atoms with Gasteiger partial charge >= 0.3 is 5.97 Å². The van der Waals surface area contributed by atoms with E-state index >= 15 is 0 Å². The van der Waals surface area contributed by atoms with Crippen molar-refractivity contribution in [3.05, 3.63) is 89.6 Å². The summed E-state index contributed by atoms with van der Waals surface area (Å²) in [5.41, 5.74) is 2.54. The number of nitriles is 1. The van der Waals surface area contributed by atoms with Crippen LogP contribution in [-0.2, 0) is 14.9 Å². The average Bonchev–Trinajstić information content (AvgIpc) is 3.39. The van der Waals surface area contributed by atoms with E-state index in [9.17, 15) is 10.1 Å². The zero-order chi connectivity index (χ0) is 24.5. The lowest BCUT2D eigenvalue weighted by molar-refractivity contribution is -0.149. The molecule has 0 amide bonds. The summed E-state index contributed by atoms with van der Waals surface area (Å²) in [6.07, 6.45) is -1.10. The first kappa shape index (κ1) is 23.5. The highest BCUT2D eigenvalue weighted by molar-refractivity contribution is 5.80. The van der Waals surface area contributed by atoms with Gasteiger partial charge in [0, 0.05) is 12.0 Å². The molecule has 0 aliphatic heterocycles. The molecule has 1 aromatic heterocycles. The molecule has 1 saturated carbocycles. The fraction of sp³-hybridized carbons (Fsp3) is 0.345. The Morgan fingerprint density at radius 3 is 2.29 bits per heavy atom. The molecule has 1 heterocycles. The van der Waals surface area contributed by atoms with Gasteiger partial charge in [-0.15, -0.1) is 0 Å². The van der Waals surface area contributed by atoms with Gasteiger partial charge in [0.25, 0.3) is 0 Å². The predicted molar refractivity (Wildman–Crippen MR) is 130 cm³/mol. The van der Waals surface area contributed by atoms with Crippen LogP contribution >= 0.6 is 0 Å². The molecule has 1 fully saturated rings. The number of rotatable bonds is 6. The molecule has 5 nitrogen and oxygen atoms in total. The highest BCUT2D eigenvalue weighted by atomic mass is 16.5. The standard InChI is InChI=1S/C29H30N2O3/c1-28(2,3)20-16-14-19(15-17-20)25-26(29(25,4)5)27(32)34-23(18-30)22-12-9-13-24(31-22)33-21-10-7-6-8-11-21/h6-17,23,25-26H,1-5H3.